The second-order valence-corrected chi connectivity index (χ2v) is 11.4. The van der Waals surface area contributed by atoms with Crippen LogP contribution in [-0.4, -0.2) is 30.3 Å². The summed E-state index contributed by atoms with van der Waals surface area (Å²) >= 11 is 0. The molecule has 2 aliphatic rings. The summed E-state index contributed by atoms with van der Waals surface area (Å²) in [7, 11) is 0. The van der Waals surface area contributed by atoms with Crippen LogP contribution in [0.1, 0.15) is 56.7 Å². The highest BCUT2D eigenvalue weighted by Gasteiger charge is 2.53. The van der Waals surface area contributed by atoms with Crippen LogP contribution >= 0.6 is 0 Å². The number of fused-ring (bicyclic) bond motifs is 3. The first kappa shape index (κ1) is 22.6. The van der Waals surface area contributed by atoms with Crippen LogP contribution in [0.2, 0.25) is 0 Å². The van der Waals surface area contributed by atoms with Crippen molar-refractivity contribution >= 4 is 16.7 Å². The Hall–Kier alpha value is -3.61. The van der Waals surface area contributed by atoms with E-state index in [2.05, 4.69) is 67.4 Å². The molecule has 2 fully saturated rings. The maximum Gasteiger partial charge on any atom is 0.165 e. The van der Waals surface area contributed by atoms with Crippen LogP contribution in [0.4, 0.5) is 0 Å². The fourth-order valence-electron chi connectivity index (χ4n) is 5.81. The molecule has 0 unspecified atom stereocenters. The van der Waals surface area contributed by atoms with Crippen molar-refractivity contribution < 1.29 is 5.11 Å². The first-order chi connectivity index (χ1) is 17.8. The zero-order chi connectivity index (χ0) is 25.4. The largest absolute Gasteiger partial charge is 0.389 e. The average molecular weight is 490 g/mol. The summed E-state index contributed by atoms with van der Waals surface area (Å²) in [6, 6.07) is 23.0. The summed E-state index contributed by atoms with van der Waals surface area (Å²) in [6.45, 7) is 4.11. The molecule has 5 aromatic rings. The van der Waals surface area contributed by atoms with Gasteiger partial charge in [0.2, 0.25) is 0 Å². The van der Waals surface area contributed by atoms with Crippen LogP contribution in [-0.2, 0) is 5.54 Å². The molecule has 3 heterocycles. The molecular weight excluding hydrogens is 458 g/mol. The van der Waals surface area contributed by atoms with Gasteiger partial charge in [-0.15, -0.1) is 0 Å². The molecule has 3 aromatic heterocycles. The lowest BCUT2D eigenvalue weighted by Gasteiger charge is -2.53. The van der Waals surface area contributed by atoms with Crippen LogP contribution in [0.5, 0.6) is 0 Å². The quantitative estimate of drug-likeness (QED) is 0.325. The lowest BCUT2D eigenvalue weighted by molar-refractivity contribution is -0.122. The smallest absolute Gasteiger partial charge is 0.165 e. The highest BCUT2D eigenvalue weighted by atomic mass is 16.3. The van der Waals surface area contributed by atoms with Crippen molar-refractivity contribution in [1.82, 2.24) is 19.6 Å². The molecule has 0 spiro atoms. The molecule has 2 aromatic carbocycles. The van der Waals surface area contributed by atoms with Crippen LogP contribution < -0.4 is 5.73 Å². The molecule has 0 aliphatic heterocycles. The Bertz CT molecular complexity index is 1630. The van der Waals surface area contributed by atoms with Gasteiger partial charge in [0.05, 0.1) is 17.0 Å². The normalized spacial score (nSPS) is 23.6. The number of nitrogens with zero attached hydrogens (tertiary/aromatic N) is 4. The maximum absolute atomic E-state index is 10.8. The monoisotopic (exact) mass is 489 g/mol. The van der Waals surface area contributed by atoms with Gasteiger partial charge in [-0.1, -0.05) is 68.4 Å². The minimum Gasteiger partial charge on any atom is -0.389 e. The van der Waals surface area contributed by atoms with Gasteiger partial charge in [-0.3, -0.25) is 0 Å². The summed E-state index contributed by atoms with van der Waals surface area (Å²) in [5, 5.41) is 16.6. The molecule has 0 radical (unpaired) electrons. The lowest BCUT2D eigenvalue weighted by Crippen LogP contribution is -2.62. The van der Waals surface area contributed by atoms with E-state index in [0.717, 1.165) is 50.3 Å². The predicted octanol–water partition coefficient (Wildman–Crippen LogP) is 5.82. The maximum atomic E-state index is 10.8. The minimum absolute atomic E-state index is 0.188. The standard InChI is InChI=1S/C31H31N5O/c1-19(2)31(37)17-30(32,18-31)24-12-10-22(11-13-24)28-25(20-6-4-3-5-7-20)14-23-16-33-27-15-26(21-8-9-21)35-36(27)29(23)34-28/h3-7,10-16,19,21,37H,8-9,17-18,32H2,1-2H3/t30-,31+. The topological polar surface area (TPSA) is 89.3 Å². The van der Waals surface area contributed by atoms with Crippen molar-refractivity contribution in [2.45, 2.75) is 56.6 Å². The Labute approximate surface area is 216 Å². The molecule has 6 heteroatoms. The first-order valence-electron chi connectivity index (χ1n) is 13.2. The molecule has 186 valence electrons. The van der Waals surface area contributed by atoms with E-state index in [1.807, 2.05) is 28.9 Å². The first-order valence-corrected chi connectivity index (χ1v) is 13.2. The third-order valence-corrected chi connectivity index (χ3v) is 8.41. The van der Waals surface area contributed by atoms with E-state index in [9.17, 15) is 5.11 Å². The zero-order valence-corrected chi connectivity index (χ0v) is 21.2. The molecule has 0 atom stereocenters. The minimum atomic E-state index is -0.684. The number of hydrogen-bond acceptors (Lipinski definition) is 5. The Balaban J connectivity index is 1.35. The van der Waals surface area contributed by atoms with Gasteiger partial charge in [0.25, 0.3) is 0 Å². The van der Waals surface area contributed by atoms with E-state index in [1.165, 1.54) is 12.8 Å². The van der Waals surface area contributed by atoms with E-state index in [0.29, 0.717) is 18.8 Å². The summed E-state index contributed by atoms with van der Waals surface area (Å²) < 4.78 is 1.89. The van der Waals surface area contributed by atoms with E-state index < -0.39 is 11.1 Å². The second kappa shape index (κ2) is 7.94. The van der Waals surface area contributed by atoms with E-state index in [-0.39, 0.29) is 5.92 Å². The highest BCUT2D eigenvalue weighted by molar-refractivity contribution is 5.90. The molecule has 0 saturated heterocycles. The fraction of sp³-hybridized carbons (Fsp3) is 0.323. The van der Waals surface area contributed by atoms with Gasteiger partial charge in [-0.05, 0) is 48.8 Å². The molecular formula is C31H31N5O. The fourth-order valence-corrected chi connectivity index (χ4v) is 5.81. The number of pyridine rings is 1. The van der Waals surface area contributed by atoms with E-state index >= 15 is 0 Å². The molecule has 7 rings (SSSR count). The van der Waals surface area contributed by atoms with E-state index in [1.54, 1.807) is 0 Å². The lowest BCUT2D eigenvalue weighted by atomic mass is 9.58. The number of hydrogen-bond donors (Lipinski definition) is 2. The molecule has 3 N–H and O–H groups in total. The number of benzene rings is 2. The third-order valence-electron chi connectivity index (χ3n) is 8.41. The zero-order valence-electron chi connectivity index (χ0n) is 21.2. The molecule has 37 heavy (non-hydrogen) atoms. The summed E-state index contributed by atoms with van der Waals surface area (Å²) in [5.41, 5.74) is 13.4. The molecule has 6 nitrogen and oxygen atoms in total. The highest BCUT2D eigenvalue weighted by Crippen LogP contribution is 2.50. The van der Waals surface area contributed by atoms with Crippen molar-refractivity contribution in [3.63, 3.8) is 0 Å². The molecule has 2 aliphatic carbocycles. The van der Waals surface area contributed by atoms with Gasteiger partial charge in [0.1, 0.15) is 0 Å². The van der Waals surface area contributed by atoms with Crippen molar-refractivity contribution in [2.75, 3.05) is 0 Å². The summed E-state index contributed by atoms with van der Waals surface area (Å²) in [4.78, 5) is 9.89. The molecule has 0 bridgehead atoms. The third kappa shape index (κ3) is 3.66. The van der Waals surface area contributed by atoms with Crippen LogP contribution in [0.3, 0.4) is 0 Å². The van der Waals surface area contributed by atoms with Crippen molar-refractivity contribution in [2.24, 2.45) is 11.7 Å². The van der Waals surface area contributed by atoms with Gasteiger partial charge < -0.3 is 10.8 Å². The Morgan fingerprint density at radius 2 is 1.70 bits per heavy atom. The van der Waals surface area contributed by atoms with Crippen LogP contribution in [0.25, 0.3) is 39.1 Å². The Kier molecular flexibility index (Phi) is 4.85. The van der Waals surface area contributed by atoms with Crippen LogP contribution in [0, 0.1) is 5.92 Å². The molecule has 2 saturated carbocycles. The molecule has 0 amide bonds. The Morgan fingerprint density at radius 1 is 0.973 bits per heavy atom. The van der Waals surface area contributed by atoms with E-state index in [4.69, 9.17) is 15.8 Å². The van der Waals surface area contributed by atoms with Gasteiger partial charge >= 0.3 is 0 Å². The van der Waals surface area contributed by atoms with Crippen molar-refractivity contribution in [1.29, 1.82) is 0 Å². The van der Waals surface area contributed by atoms with Gasteiger partial charge in [-0.2, -0.15) is 9.61 Å². The van der Waals surface area contributed by atoms with Crippen molar-refractivity contribution in [3.05, 3.63) is 84.2 Å². The van der Waals surface area contributed by atoms with Crippen molar-refractivity contribution in [3.8, 4) is 22.4 Å². The Morgan fingerprint density at radius 3 is 2.38 bits per heavy atom. The summed E-state index contributed by atoms with van der Waals surface area (Å²) in [6.07, 6.45) is 5.45. The number of nitrogens with two attached hydrogens (primary N) is 1. The average Bonchev–Trinajstić information content (AvgIpc) is 3.65. The van der Waals surface area contributed by atoms with Gasteiger partial charge in [-0.25, -0.2) is 9.97 Å². The predicted molar refractivity (Wildman–Crippen MR) is 146 cm³/mol. The summed E-state index contributed by atoms with van der Waals surface area (Å²) in [5.74, 6) is 0.739. The number of rotatable bonds is 5. The van der Waals surface area contributed by atoms with Gasteiger partial charge in [0, 0.05) is 40.2 Å². The number of aromatic nitrogens is 4. The second-order valence-electron chi connectivity index (χ2n) is 11.4. The van der Waals surface area contributed by atoms with Gasteiger partial charge in [0.15, 0.2) is 11.3 Å². The SMILES string of the molecule is CC(C)[C@]1(O)C[C@](N)(c2ccc(-c3nc4c(cnc5cc(C6CC6)nn54)cc3-c3ccccc3)cc2)C1. The van der Waals surface area contributed by atoms with Crippen LogP contribution in [0.15, 0.2) is 72.9 Å². The number of aliphatic hydroxyl groups is 1.